The van der Waals surface area contributed by atoms with E-state index in [4.69, 9.17) is 4.74 Å². The number of hydrogen-bond donors (Lipinski definition) is 1. The van der Waals surface area contributed by atoms with Crippen LogP contribution in [0.25, 0.3) is 0 Å². The Kier molecular flexibility index (Phi) is 6.82. The predicted molar refractivity (Wildman–Crippen MR) is 97.5 cm³/mol. The molecular weight excluding hydrogens is 300 g/mol. The van der Waals surface area contributed by atoms with Crippen molar-refractivity contribution in [3.05, 3.63) is 65.2 Å². The number of hydrogen-bond acceptors (Lipinski definition) is 3. The van der Waals surface area contributed by atoms with Crippen LogP contribution in [0.5, 0.6) is 5.75 Å². The Morgan fingerprint density at radius 1 is 1.12 bits per heavy atom. The van der Waals surface area contributed by atoms with E-state index in [2.05, 4.69) is 5.32 Å². The topological polar surface area (TPSA) is 41.6 Å². The summed E-state index contributed by atoms with van der Waals surface area (Å²) in [5.74, 6) is 0.908. The standard InChI is InChI=1S/C20H26N2O2/c1-4-22(15-16-9-11-18(24-3)12-10-16)20(23)19-8-6-5-7-17(19)13-14-21-2/h5-12,21H,4,13-15H2,1-3H3. The quantitative estimate of drug-likeness (QED) is 0.810. The molecule has 2 rings (SSSR count). The summed E-state index contributed by atoms with van der Waals surface area (Å²) in [4.78, 5) is 14.8. The van der Waals surface area contributed by atoms with E-state index in [-0.39, 0.29) is 5.91 Å². The molecule has 2 aromatic carbocycles. The first-order valence-electron chi connectivity index (χ1n) is 8.34. The number of ether oxygens (including phenoxy) is 1. The predicted octanol–water partition coefficient (Wildman–Crippen LogP) is 3.12. The molecule has 0 unspecified atom stereocenters. The lowest BCUT2D eigenvalue weighted by Crippen LogP contribution is -2.31. The maximum Gasteiger partial charge on any atom is 0.254 e. The largest absolute Gasteiger partial charge is 0.497 e. The maximum atomic E-state index is 13.0. The van der Waals surface area contributed by atoms with E-state index in [9.17, 15) is 4.79 Å². The van der Waals surface area contributed by atoms with Crippen LogP contribution in [0, 0.1) is 0 Å². The van der Waals surface area contributed by atoms with Crippen molar-refractivity contribution in [3.8, 4) is 5.75 Å². The van der Waals surface area contributed by atoms with Gasteiger partial charge in [-0.15, -0.1) is 0 Å². The van der Waals surface area contributed by atoms with Crippen LogP contribution in [0.15, 0.2) is 48.5 Å². The van der Waals surface area contributed by atoms with Crippen molar-refractivity contribution in [1.29, 1.82) is 0 Å². The second-order valence-corrected chi connectivity index (χ2v) is 5.68. The molecule has 1 N–H and O–H groups in total. The maximum absolute atomic E-state index is 13.0. The molecule has 1 amide bonds. The molecule has 4 heteroatoms. The Balaban J connectivity index is 2.16. The van der Waals surface area contributed by atoms with E-state index in [0.717, 1.165) is 35.4 Å². The monoisotopic (exact) mass is 326 g/mol. The van der Waals surface area contributed by atoms with Crippen LogP contribution in [-0.4, -0.2) is 38.1 Å². The van der Waals surface area contributed by atoms with E-state index in [1.807, 2.05) is 67.4 Å². The van der Waals surface area contributed by atoms with Crippen LogP contribution < -0.4 is 10.1 Å². The molecule has 0 radical (unpaired) electrons. The fourth-order valence-corrected chi connectivity index (χ4v) is 2.66. The first-order chi connectivity index (χ1) is 11.7. The fraction of sp³-hybridized carbons (Fsp3) is 0.350. The van der Waals surface area contributed by atoms with Gasteiger partial charge in [-0.1, -0.05) is 30.3 Å². The number of rotatable bonds is 8. The first kappa shape index (κ1) is 18.0. The fourth-order valence-electron chi connectivity index (χ4n) is 2.66. The zero-order chi connectivity index (χ0) is 17.4. The molecular formula is C20H26N2O2. The lowest BCUT2D eigenvalue weighted by molar-refractivity contribution is 0.0751. The summed E-state index contributed by atoms with van der Waals surface area (Å²) in [6.07, 6.45) is 0.846. The van der Waals surface area contributed by atoms with Crippen molar-refractivity contribution in [2.45, 2.75) is 19.9 Å². The SMILES string of the molecule is CCN(Cc1ccc(OC)cc1)C(=O)c1ccccc1CCNC. The van der Waals surface area contributed by atoms with Crippen molar-refractivity contribution in [2.75, 3.05) is 27.2 Å². The summed E-state index contributed by atoms with van der Waals surface area (Å²) in [5, 5.41) is 3.14. The van der Waals surface area contributed by atoms with E-state index in [1.165, 1.54) is 0 Å². The summed E-state index contributed by atoms with van der Waals surface area (Å²) in [7, 11) is 3.57. The van der Waals surface area contributed by atoms with Gasteiger partial charge in [0.05, 0.1) is 7.11 Å². The molecule has 0 atom stereocenters. The second kappa shape index (κ2) is 9.08. The van der Waals surface area contributed by atoms with Crippen LogP contribution in [0.2, 0.25) is 0 Å². The Morgan fingerprint density at radius 3 is 2.46 bits per heavy atom. The van der Waals surface area contributed by atoms with Gasteiger partial charge < -0.3 is 15.0 Å². The molecule has 0 aliphatic heterocycles. The van der Waals surface area contributed by atoms with Gasteiger partial charge in [0.25, 0.3) is 5.91 Å². The van der Waals surface area contributed by atoms with Gasteiger partial charge in [-0.3, -0.25) is 4.79 Å². The van der Waals surface area contributed by atoms with E-state index < -0.39 is 0 Å². The Morgan fingerprint density at radius 2 is 1.83 bits per heavy atom. The number of benzene rings is 2. The average Bonchev–Trinajstić information content (AvgIpc) is 2.64. The van der Waals surface area contributed by atoms with Crippen LogP contribution >= 0.6 is 0 Å². The number of carbonyl (C=O) groups is 1. The van der Waals surface area contributed by atoms with Gasteiger partial charge in [-0.05, 0) is 56.3 Å². The van der Waals surface area contributed by atoms with Crippen molar-refractivity contribution in [1.82, 2.24) is 10.2 Å². The number of nitrogens with one attached hydrogen (secondary N) is 1. The number of methoxy groups -OCH3 is 1. The number of likely N-dealkylation sites (N-methyl/N-ethyl adjacent to an activating group) is 1. The first-order valence-corrected chi connectivity index (χ1v) is 8.34. The third-order valence-corrected chi connectivity index (χ3v) is 4.09. The number of amides is 1. The van der Waals surface area contributed by atoms with E-state index in [1.54, 1.807) is 7.11 Å². The third-order valence-electron chi connectivity index (χ3n) is 4.09. The second-order valence-electron chi connectivity index (χ2n) is 5.68. The highest BCUT2D eigenvalue weighted by molar-refractivity contribution is 5.95. The summed E-state index contributed by atoms with van der Waals surface area (Å²) < 4.78 is 5.18. The highest BCUT2D eigenvalue weighted by Crippen LogP contribution is 2.17. The van der Waals surface area contributed by atoms with Crippen LogP contribution in [0.1, 0.15) is 28.4 Å². The van der Waals surface area contributed by atoms with Gasteiger partial charge in [0.1, 0.15) is 5.75 Å². The van der Waals surface area contributed by atoms with Crippen LogP contribution in [-0.2, 0) is 13.0 Å². The lowest BCUT2D eigenvalue weighted by atomic mass is 10.0. The van der Waals surface area contributed by atoms with Crippen molar-refractivity contribution >= 4 is 5.91 Å². The molecule has 2 aromatic rings. The van der Waals surface area contributed by atoms with Gasteiger partial charge in [0, 0.05) is 18.7 Å². The van der Waals surface area contributed by atoms with Crippen LogP contribution in [0.3, 0.4) is 0 Å². The normalized spacial score (nSPS) is 10.5. The van der Waals surface area contributed by atoms with Gasteiger partial charge in [0.2, 0.25) is 0 Å². The van der Waals surface area contributed by atoms with Gasteiger partial charge in [-0.25, -0.2) is 0 Å². The highest BCUT2D eigenvalue weighted by atomic mass is 16.5. The lowest BCUT2D eigenvalue weighted by Gasteiger charge is -2.22. The average molecular weight is 326 g/mol. The molecule has 0 aliphatic rings. The zero-order valence-corrected chi connectivity index (χ0v) is 14.7. The van der Waals surface area contributed by atoms with Gasteiger partial charge in [-0.2, -0.15) is 0 Å². The smallest absolute Gasteiger partial charge is 0.254 e. The number of nitrogens with zero attached hydrogens (tertiary/aromatic N) is 1. The summed E-state index contributed by atoms with van der Waals surface area (Å²) in [6.45, 7) is 4.14. The molecule has 0 heterocycles. The molecule has 24 heavy (non-hydrogen) atoms. The Hall–Kier alpha value is -2.33. The molecule has 128 valence electrons. The minimum Gasteiger partial charge on any atom is -0.497 e. The minimum atomic E-state index is 0.0834. The number of carbonyl (C=O) groups excluding carboxylic acids is 1. The van der Waals surface area contributed by atoms with Crippen LogP contribution in [0.4, 0.5) is 0 Å². The third kappa shape index (κ3) is 4.59. The molecule has 0 spiro atoms. The molecule has 0 fully saturated rings. The van der Waals surface area contributed by atoms with Crippen molar-refractivity contribution < 1.29 is 9.53 Å². The van der Waals surface area contributed by atoms with Crippen molar-refractivity contribution in [2.24, 2.45) is 0 Å². The van der Waals surface area contributed by atoms with Gasteiger partial charge >= 0.3 is 0 Å². The highest BCUT2D eigenvalue weighted by Gasteiger charge is 2.17. The van der Waals surface area contributed by atoms with Crippen molar-refractivity contribution in [3.63, 3.8) is 0 Å². The zero-order valence-electron chi connectivity index (χ0n) is 14.7. The van der Waals surface area contributed by atoms with E-state index >= 15 is 0 Å². The molecule has 0 saturated carbocycles. The summed E-state index contributed by atoms with van der Waals surface area (Å²) >= 11 is 0. The summed E-state index contributed by atoms with van der Waals surface area (Å²) in [5.41, 5.74) is 2.98. The minimum absolute atomic E-state index is 0.0834. The molecule has 0 bridgehead atoms. The Labute approximate surface area is 144 Å². The van der Waals surface area contributed by atoms with E-state index in [0.29, 0.717) is 13.1 Å². The summed E-state index contributed by atoms with van der Waals surface area (Å²) in [6, 6.07) is 15.7. The molecule has 0 aliphatic carbocycles. The molecule has 4 nitrogen and oxygen atoms in total. The van der Waals surface area contributed by atoms with Gasteiger partial charge in [0.15, 0.2) is 0 Å². The Bertz CT molecular complexity index is 653. The molecule has 0 saturated heterocycles. The molecule has 0 aromatic heterocycles.